The van der Waals surface area contributed by atoms with Crippen LogP contribution in [0.5, 0.6) is 11.5 Å². The number of hydrogen-bond donors (Lipinski definition) is 2. The Morgan fingerprint density at radius 3 is 2.18 bits per heavy atom. The van der Waals surface area contributed by atoms with Crippen molar-refractivity contribution in [3.8, 4) is 11.5 Å². The summed E-state index contributed by atoms with van der Waals surface area (Å²) in [6, 6.07) is 17.4. The van der Waals surface area contributed by atoms with Crippen molar-refractivity contribution < 1.29 is 29.6 Å². The van der Waals surface area contributed by atoms with Crippen LogP contribution < -0.4 is 9.96 Å². The van der Waals surface area contributed by atoms with Gasteiger partial charge in [-0.1, -0.05) is 24.3 Å². The van der Waals surface area contributed by atoms with Crippen molar-refractivity contribution in [3.05, 3.63) is 88.5 Å². The summed E-state index contributed by atoms with van der Waals surface area (Å²) in [5.74, 6) is -2.76. The fourth-order valence-corrected chi connectivity index (χ4v) is 4.25. The molecule has 0 spiro atoms. The standard InChI is InChI=1S/C23H17N3O7/c27-17-11-6-13(12-18(17)28)20-19-21(33-25(20)15-4-2-1-3-5-15)23(30)24(22(19)29)14-7-9-16(10-8-14)26(31)32/h1-12,19-21,27-28H/t19-,20+,21-/m1/s1. The fourth-order valence-electron chi connectivity index (χ4n) is 4.25. The maximum Gasteiger partial charge on any atom is 0.269 e. The number of rotatable bonds is 4. The van der Waals surface area contributed by atoms with E-state index in [0.29, 0.717) is 11.3 Å². The number of carbonyl (C=O) groups excluding carboxylic acids is 2. The highest BCUT2D eigenvalue weighted by Gasteiger charge is 2.60. The van der Waals surface area contributed by atoms with Crippen LogP contribution in [-0.2, 0) is 14.4 Å². The largest absolute Gasteiger partial charge is 0.504 e. The molecular weight excluding hydrogens is 430 g/mol. The zero-order valence-corrected chi connectivity index (χ0v) is 16.9. The average Bonchev–Trinajstić information content (AvgIpc) is 3.32. The second-order valence-corrected chi connectivity index (χ2v) is 7.69. The highest BCUT2D eigenvalue weighted by atomic mass is 16.7. The number of para-hydroxylation sites is 1. The molecule has 2 heterocycles. The average molecular weight is 447 g/mol. The second kappa shape index (κ2) is 7.61. The van der Waals surface area contributed by atoms with Crippen molar-refractivity contribution in [2.75, 3.05) is 9.96 Å². The minimum atomic E-state index is -1.13. The Labute approximate surface area is 187 Å². The minimum absolute atomic E-state index is 0.165. The third-order valence-electron chi connectivity index (χ3n) is 5.79. The van der Waals surface area contributed by atoms with E-state index in [1.807, 2.05) is 6.07 Å². The molecular formula is C23H17N3O7. The van der Waals surface area contributed by atoms with Crippen molar-refractivity contribution in [2.24, 2.45) is 5.92 Å². The number of amides is 2. The van der Waals surface area contributed by atoms with Crippen molar-refractivity contribution in [2.45, 2.75) is 12.1 Å². The number of fused-ring (bicyclic) bond motifs is 1. The van der Waals surface area contributed by atoms with Crippen molar-refractivity contribution >= 4 is 28.9 Å². The van der Waals surface area contributed by atoms with E-state index in [-0.39, 0.29) is 22.9 Å². The van der Waals surface area contributed by atoms with Gasteiger partial charge in [-0.05, 0) is 42.0 Å². The first-order chi connectivity index (χ1) is 15.9. The van der Waals surface area contributed by atoms with Gasteiger partial charge in [0.05, 0.1) is 22.3 Å². The number of hydrogen-bond acceptors (Lipinski definition) is 8. The summed E-state index contributed by atoms with van der Waals surface area (Å²) < 4.78 is 0. The van der Waals surface area contributed by atoms with Crippen LogP contribution in [0.3, 0.4) is 0 Å². The first-order valence-corrected chi connectivity index (χ1v) is 10.0. The van der Waals surface area contributed by atoms with Gasteiger partial charge in [0.2, 0.25) is 5.91 Å². The van der Waals surface area contributed by atoms with Crippen LogP contribution in [0.4, 0.5) is 17.1 Å². The number of carbonyl (C=O) groups is 2. The maximum atomic E-state index is 13.5. The molecule has 2 fully saturated rings. The lowest BCUT2D eigenvalue weighted by molar-refractivity contribution is -0.384. The van der Waals surface area contributed by atoms with Gasteiger partial charge in [0.1, 0.15) is 5.92 Å². The predicted molar refractivity (Wildman–Crippen MR) is 115 cm³/mol. The normalized spacial score (nSPS) is 22.0. The van der Waals surface area contributed by atoms with Crippen LogP contribution >= 0.6 is 0 Å². The molecule has 3 aromatic rings. The number of benzene rings is 3. The number of imide groups is 1. The summed E-state index contributed by atoms with van der Waals surface area (Å²) in [6.45, 7) is 0. The van der Waals surface area contributed by atoms with Gasteiger partial charge in [-0.2, -0.15) is 0 Å². The van der Waals surface area contributed by atoms with E-state index in [9.17, 15) is 29.9 Å². The lowest BCUT2D eigenvalue weighted by atomic mass is 9.90. The minimum Gasteiger partial charge on any atom is -0.504 e. The number of hydroxylamine groups is 1. The van der Waals surface area contributed by atoms with Gasteiger partial charge in [-0.25, -0.2) is 9.96 Å². The van der Waals surface area contributed by atoms with E-state index in [0.717, 1.165) is 4.90 Å². The Kier molecular flexibility index (Phi) is 4.72. The number of nitrogens with zero attached hydrogens (tertiary/aromatic N) is 3. The Morgan fingerprint density at radius 1 is 0.848 bits per heavy atom. The van der Waals surface area contributed by atoms with E-state index < -0.39 is 34.8 Å². The predicted octanol–water partition coefficient (Wildman–Crippen LogP) is 3.06. The molecule has 0 aromatic heterocycles. The van der Waals surface area contributed by atoms with E-state index in [1.165, 1.54) is 41.5 Å². The van der Waals surface area contributed by atoms with E-state index in [4.69, 9.17) is 4.84 Å². The molecule has 5 rings (SSSR count). The van der Waals surface area contributed by atoms with Crippen LogP contribution in [0.2, 0.25) is 0 Å². The highest BCUT2D eigenvalue weighted by molar-refractivity contribution is 6.24. The van der Waals surface area contributed by atoms with Gasteiger partial charge in [-0.15, -0.1) is 0 Å². The number of nitro groups is 1. The molecule has 0 radical (unpaired) electrons. The first-order valence-electron chi connectivity index (χ1n) is 10.0. The zero-order valence-electron chi connectivity index (χ0n) is 16.9. The molecule has 166 valence electrons. The van der Waals surface area contributed by atoms with E-state index in [2.05, 4.69) is 0 Å². The second-order valence-electron chi connectivity index (χ2n) is 7.69. The number of phenolic OH excluding ortho intramolecular Hbond substituents is 2. The zero-order chi connectivity index (χ0) is 23.3. The number of nitro benzene ring substituents is 1. The summed E-state index contributed by atoms with van der Waals surface area (Å²) in [7, 11) is 0. The van der Waals surface area contributed by atoms with Gasteiger partial charge in [0.15, 0.2) is 17.6 Å². The molecule has 10 heteroatoms. The molecule has 3 aromatic carbocycles. The van der Waals surface area contributed by atoms with E-state index >= 15 is 0 Å². The van der Waals surface area contributed by atoms with Crippen LogP contribution in [-0.4, -0.2) is 33.1 Å². The quantitative estimate of drug-likeness (QED) is 0.270. The molecule has 2 amide bonds. The first kappa shape index (κ1) is 20.5. The molecule has 0 saturated carbocycles. The third-order valence-corrected chi connectivity index (χ3v) is 5.79. The lowest BCUT2D eigenvalue weighted by Gasteiger charge is -2.28. The van der Waals surface area contributed by atoms with Crippen molar-refractivity contribution in [3.63, 3.8) is 0 Å². The number of non-ortho nitro benzene ring substituents is 1. The topological polar surface area (TPSA) is 133 Å². The van der Waals surface area contributed by atoms with E-state index in [1.54, 1.807) is 30.3 Å². The summed E-state index contributed by atoms with van der Waals surface area (Å²) >= 11 is 0. The smallest absolute Gasteiger partial charge is 0.269 e. The fraction of sp³-hybridized carbons (Fsp3) is 0.130. The molecule has 0 bridgehead atoms. The molecule has 0 unspecified atom stereocenters. The van der Waals surface area contributed by atoms with Gasteiger partial charge in [0.25, 0.3) is 11.6 Å². The van der Waals surface area contributed by atoms with Crippen LogP contribution in [0.15, 0.2) is 72.8 Å². The van der Waals surface area contributed by atoms with Gasteiger partial charge in [-0.3, -0.25) is 24.5 Å². The molecule has 2 aliphatic heterocycles. The molecule has 33 heavy (non-hydrogen) atoms. The molecule has 3 atom stereocenters. The van der Waals surface area contributed by atoms with Crippen LogP contribution in [0, 0.1) is 16.0 Å². The lowest BCUT2D eigenvalue weighted by Crippen LogP contribution is -2.37. The third kappa shape index (κ3) is 3.24. The maximum absolute atomic E-state index is 13.5. The Balaban J connectivity index is 1.57. The Morgan fingerprint density at radius 2 is 1.55 bits per heavy atom. The molecule has 2 aliphatic rings. The van der Waals surface area contributed by atoms with Gasteiger partial charge < -0.3 is 10.2 Å². The summed E-state index contributed by atoms with van der Waals surface area (Å²) in [5.41, 5.74) is 1.11. The number of aromatic hydroxyl groups is 2. The molecule has 2 N–H and O–H groups in total. The van der Waals surface area contributed by atoms with Crippen LogP contribution in [0.25, 0.3) is 0 Å². The summed E-state index contributed by atoms with van der Waals surface area (Å²) in [6.07, 6.45) is -1.13. The number of anilines is 2. The van der Waals surface area contributed by atoms with Crippen LogP contribution in [0.1, 0.15) is 11.6 Å². The highest BCUT2D eigenvalue weighted by Crippen LogP contribution is 2.48. The summed E-state index contributed by atoms with van der Waals surface area (Å²) in [5, 5.41) is 32.2. The summed E-state index contributed by atoms with van der Waals surface area (Å²) in [4.78, 5) is 44.0. The molecule has 2 saturated heterocycles. The Hall–Kier alpha value is -4.44. The van der Waals surface area contributed by atoms with Crippen molar-refractivity contribution in [1.82, 2.24) is 0 Å². The number of phenols is 2. The molecule has 0 aliphatic carbocycles. The van der Waals surface area contributed by atoms with Gasteiger partial charge >= 0.3 is 0 Å². The Bertz CT molecular complexity index is 1260. The van der Waals surface area contributed by atoms with Crippen molar-refractivity contribution in [1.29, 1.82) is 0 Å². The monoisotopic (exact) mass is 447 g/mol. The SMILES string of the molecule is O=C1[C@H]2[C@@H](ON(c3ccccc3)[C@H]2c2ccc(O)c(O)c2)C(=O)N1c1ccc([N+](=O)[O-])cc1. The molecule has 10 nitrogen and oxygen atoms in total. The van der Waals surface area contributed by atoms with Gasteiger partial charge in [0, 0.05) is 12.1 Å².